The summed E-state index contributed by atoms with van der Waals surface area (Å²) < 4.78 is 40.0. The monoisotopic (exact) mass is 548 g/mol. The lowest BCUT2D eigenvalue weighted by molar-refractivity contribution is -0.137. The number of hydrazine groups is 1. The summed E-state index contributed by atoms with van der Waals surface area (Å²) in [5.41, 5.74) is 4.54. The van der Waals surface area contributed by atoms with Crippen LogP contribution in [-0.4, -0.2) is 4.98 Å². The average molecular weight is 549 g/mol. The van der Waals surface area contributed by atoms with Gasteiger partial charge < -0.3 is 0 Å². The van der Waals surface area contributed by atoms with E-state index < -0.39 is 11.7 Å². The normalized spacial score (nSPS) is 13.5. The van der Waals surface area contributed by atoms with Crippen LogP contribution in [0.25, 0.3) is 29.1 Å². The van der Waals surface area contributed by atoms with Gasteiger partial charge >= 0.3 is 6.18 Å². The van der Waals surface area contributed by atoms with Crippen molar-refractivity contribution in [1.29, 1.82) is 5.26 Å². The first-order valence-electron chi connectivity index (χ1n) is 11.3. The molecular weight excluding hydrogens is 532 g/mol. The molecule has 1 N–H and O–H groups in total. The number of pyridine rings is 1. The number of anilines is 2. The van der Waals surface area contributed by atoms with Crippen LogP contribution in [0.2, 0.25) is 10.0 Å². The van der Waals surface area contributed by atoms with Crippen LogP contribution >= 0.6 is 23.2 Å². The summed E-state index contributed by atoms with van der Waals surface area (Å²) in [6.07, 6.45) is 0.997. The highest BCUT2D eigenvalue weighted by molar-refractivity contribution is 6.39. The summed E-state index contributed by atoms with van der Waals surface area (Å²) in [6.45, 7) is 0. The van der Waals surface area contributed by atoms with Gasteiger partial charge in [0.25, 0.3) is 0 Å². The van der Waals surface area contributed by atoms with E-state index in [4.69, 9.17) is 28.2 Å². The molecule has 0 spiro atoms. The Hall–Kier alpha value is -4.25. The zero-order valence-corrected chi connectivity index (χ0v) is 21.0. The van der Waals surface area contributed by atoms with Gasteiger partial charge in [-0.25, -0.2) is 9.99 Å². The van der Waals surface area contributed by atoms with Gasteiger partial charge in [0.1, 0.15) is 17.5 Å². The number of halogens is 5. The molecule has 0 unspecified atom stereocenters. The van der Waals surface area contributed by atoms with Crippen LogP contribution in [0, 0.1) is 11.3 Å². The lowest BCUT2D eigenvalue weighted by Gasteiger charge is -2.23. The highest BCUT2D eigenvalue weighted by Crippen LogP contribution is 2.42. The maximum Gasteiger partial charge on any atom is 0.416 e. The van der Waals surface area contributed by atoms with Gasteiger partial charge in [-0.2, -0.15) is 18.4 Å². The number of nitrogens with one attached hydrogen (secondary N) is 1. The van der Waals surface area contributed by atoms with E-state index in [9.17, 15) is 18.4 Å². The van der Waals surface area contributed by atoms with Crippen molar-refractivity contribution in [2.75, 3.05) is 5.01 Å². The summed E-state index contributed by atoms with van der Waals surface area (Å²) >= 11 is 12.6. The molecule has 0 atom stereocenters. The SMILES string of the molecule is N#CC1=c2c(nc(-c3ccccc3)c/c2=C/C=C/c2ccccc2)N(c2c(Cl)cc(C(F)(F)F)cc2Cl)N1. The third-order valence-corrected chi connectivity index (χ3v) is 6.41. The first-order valence-corrected chi connectivity index (χ1v) is 12.1. The van der Waals surface area contributed by atoms with Crippen LogP contribution in [0.15, 0.2) is 84.9 Å². The fraction of sp³-hybridized carbons (Fsp3) is 0.0345. The van der Waals surface area contributed by atoms with E-state index in [-0.39, 0.29) is 27.2 Å². The van der Waals surface area contributed by atoms with Gasteiger partial charge in [-0.3, -0.25) is 5.43 Å². The molecule has 1 aromatic heterocycles. The molecule has 9 heteroatoms. The van der Waals surface area contributed by atoms with Crippen LogP contribution in [0.5, 0.6) is 0 Å². The summed E-state index contributed by atoms with van der Waals surface area (Å²) in [5, 5.41) is 11.9. The minimum absolute atomic E-state index is 0.0522. The highest BCUT2D eigenvalue weighted by Gasteiger charge is 2.34. The van der Waals surface area contributed by atoms with Gasteiger partial charge in [0.2, 0.25) is 0 Å². The zero-order valence-electron chi connectivity index (χ0n) is 19.5. The fourth-order valence-corrected chi connectivity index (χ4v) is 4.75. The third-order valence-electron chi connectivity index (χ3n) is 5.83. The first-order chi connectivity index (χ1) is 18.3. The summed E-state index contributed by atoms with van der Waals surface area (Å²) in [6, 6.07) is 24.7. The second-order valence-electron chi connectivity index (χ2n) is 8.32. The lowest BCUT2D eigenvalue weighted by atomic mass is 10.1. The van der Waals surface area contributed by atoms with Gasteiger partial charge in [-0.1, -0.05) is 102 Å². The topological polar surface area (TPSA) is 52.0 Å². The number of nitrogens with zero attached hydrogens (tertiary/aromatic N) is 3. The maximum atomic E-state index is 13.3. The number of benzene rings is 3. The molecule has 0 bridgehead atoms. The molecule has 0 amide bonds. The average Bonchev–Trinajstić information content (AvgIpc) is 3.27. The number of rotatable bonds is 4. The molecule has 0 radical (unpaired) electrons. The van der Waals surface area contributed by atoms with Crippen molar-refractivity contribution >= 4 is 52.6 Å². The molecule has 0 saturated carbocycles. The number of allylic oxidation sites excluding steroid dienone is 1. The smallest absolute Gasteiger partial charge is 0.281 e. The Kier molecular flexibility index (Phi) is 6.85. The largest absolute Gasteiger partial charge is 0.416 e. The van der Waals surface area contributed by atoms with E-state index >= 15 is 0 Å². The number of fused-ring (bicyclic) bond motifs is 1. The third kappa shape index (κ3) is 4.97. The van der Waals surface area contributed by atoms with Gasteiger partial charge in [0, 0.05) is 5.56 Å². The molecule has 0 fully saturated rings. The van der Waals surface area contributed by atoms with Gasteiger partial charge in [-0.05, 0) is 29.0 Å². The summed E-state index contributed by atoms with van der Waals surface area (Å²) in [4.78, 5) is 4.77. The Morgan fingerprint density at radius 1 is 0.921 bits per heavy atom. The van der Waals surface area contributed by atoms with Gasteiger partial charge in [0.15, 0.2) is 5.82 Å². The van der Waals surface area contributed by atoms with Crippen molar-refractivity contribution in [3.63, 3.8) is 0 Å². The summed E-state index contributed by atoms with van der Waals surface area (Å²) in [7, 11) is 0. The predicted octanol–water partition coefficient (Wildman–Crippen LogP) is 6.86. The first kappa shape index (κ1) is 25.4. The van der Waals surface area contributed by atoms with Crippen molar-refractivity contribution in [3.05, 3.63) is 117 Å². The minimum atomic E-state index is -4.63. The van der Waals surface area contributed by atoms with Gasteiger partial charge in [-0.15, -0.1) is 0 Å². The maximum absolute atomic E-state index is 13.3. The van der Waals surface area contributed by atoms with Crippen LogP contribution in [0.1, 0.15) is 11.1 Å². The van der Waals surface area contributed by atoms with Crippen molar-refractivity contribution in [1.82, 2.24) is 10.4 Å². The molecule has 188 valence electrons. The van der Waals surface area contributed by atoms with E-state index in [1.807, 2.05) is 85.0 Å². The molecule has 4 nitrogen and oxygen atoms in total. The Bertz CT molecular complexity index is 1690. The zero-order chi connectivity index (χ0) is 26.9. The van der Waals surface area contributed by atoms with E-state index in [1.54, 1.807) is 0 Å². The quantitative estimate of drug-likeness (QED) is 0.303. The fourth-order valence-electron chi connectivity index (χ4n) is 4.09. The molecule has 0 aliphatic carbocycles. The van der Waals surface area contributed by atoms with Crippen molar-refractivity contribution in [2.24, 2.45) is 0 Å². The Labute approximate surface area is 226 Å². The standard InChI is InChI=1S/C29H17Cl2F3N4/c30-22-15-21(29(32,33)34)16-23(31)27(22)38-28-26(25(17-35)37-38)20(13-7-10-18-8-3-1-4-9-18)14-24(36-28)19-11-5-2-6-12-19/h1-16,37H/b10-7+,20-13-. The van der Waals surface area contributed by atoms with E-state index in [0.717, 1.165) is 23.3 Å². The van der Waals surface area contributed by atoms with Crippen molar-refractivity contribution < 1.29 is 13.2 Å². The van der Waals surface area contributed by atoms with E-state index in [0.29, 0.717) is 16.1 Å². The number of aromatic nitrogens is 1. The second kappa shape index (κ2) is 10.3. The van der Waals surface area contributed by atoms with Crippen LogP contribution in [0.3, 0.4) is 0 Å². The molecule has 0 saturated heterocycles. The Morgan fingerprint density at radius 3 is 2.16 bits per heavy atom. The summed E-state index contributed by atoms with van der Waals surface area (Å²) in [5.74, 6) is 0.283. The van der Waals surface area contributed by atoms with Crippen molar-refractivity contribution in [3.8, 4) is 17.3 Å². The number of hydrogen-bond acceptors (Lipinski definition) is 4. The van der Waals surface area contributed by atoms with Crippen LogP contribution in [0.4, 0.5) is 24.7 Å². The van der Waals surface area contributed by atoms with E-state index in [1.165, 1.54) is 5.01 Å². The van der Waals surface area contributed by atoms with Crippen LogP contribution < -0.4 is 20.9 Å². The molecular formula is C29H17Cl2F3N4. The van der Waals surface area contributed by atoms with E-state index in [2.05, 4.69) is 11.5 Å². The second-order valence-corrected chi connectivity index (χ2v) is 9.13. The highest BCUT2D eigenvalue weighted by atomic mass is 35.5. The molecule has 38 heavy (non-hydrogen) atoms. The molecule has 2 heterocycles. The van der Waals surface area contributed by atoms with Gasteiger partial charge in [0.05, 0.1) is 26.5 Å². The number of alkyl halides is 3. The minimum Gasteiger partial charge on any atom is -0.281 e. The molecule has 1 aliphatic heterocycles. The predicted molar refractivity (Wildman–Crippen MR) is 145 cm³/mol. The molecule has 5 rings (SSSR count). The lowest BCUT2D eigenvalue weighted by Crippen LogP contribution is -2.30. The molecule has 1 aliphatic rings. The number of nitriles is 1. The Morgan fingerprint density at radius 2 is 1.55 bits per heavy atom. The molecule has 4 aromatic rings. The van der Waals surface area contributed by atoms with Crippen molar-refractivity contribution in [2.45, 2.75) is 6.18 Å². The number of hydrogen-bond donors (Lipinski definition) is 1. The van der Waals surface area contributed by atoms with Crippen LogP contribution in [-0.2, 0) is 6.18 Å². The Balaban J connectivity index is 1.73. The molecule has 3 aromatic carbocycles.